The largest absolute Gasteiger partial charge is 0.483 e. The maximum absolute atomic E-state index is 10.3. The molecule has 0 amide bonds. The minimum atomic E-state index is -2.74. The molecule has 0 aliphatic heterocycles. The summed E-state index contributed by atoms with van der Waals surface area (Å²) in [7, 11) is 0. The average Bonchev–Trinajstić information content (AvgIpc) is 2.38. The highest BCUT2D eigenvalue weighted by molar-refractivity contribution is 6.31. The molecule has 0 aliphatic carbocycles. The summed E-state index contributed by atoms with van der Waals surface area (Å²) < 4.78 is 0. The van der Waals surface area contributed by atoms with Crippen LogP contribution in [0.15, 0.2) is 0 Å². The monoisotopic (exact) mass is 372 g/mol. The lowest BCUT2D eigenvalue weighted by Crippen LogP contribution is -2.42. The van der Waals surface area contributed by atoms with Gasteiger partial charge in [-0.15, -0.1) is 0 Å². The van der Waals surface area contributed by atoms with Crippen LogP contribution in [-0.4, -0.2) is 84.1 Å². The van der Waals surface area contributed by atoms with Gasteiger partial charge in [0.25, 0.3) is 6.47 Å². The second-order valence-electron chi connectivity index (χ2n) is 3.76. The number of aliphatic hydroxyl groups excluding tert-OH is 1. The van der Waals surface area contributed by atoms with Gasteiger partial charge in [-0.3, -0.25) is 19.2 Å². The Morgan fingerprint density at radius 1 is 0.920 bits per heavy atom. The Kier molecular flexibility index (Phi) is 20.7. The summed E-state index contributed by atoms with van der Waals surface area (Å²) in [5.74, 6) is -7.22. The first-order chi connectivity index (χ1) is 11.2. The molecule has 0 aromatic rings. The molecule has 0 bridgehead atoms. The van der Waals surface area contributed by atoms with Crippen molar-refractivity contribution < 1.29 is 64.5 Å². The Labute approximate surface area is 140 Å². The van der Waals surface area contributed by atoms with Gasteiger partial charge >= 0.3 is 23.9 Å². The highest BCUT2D eigenvalue weighted by atomic mass is 16.4. The van der Waals surface area contributed by atoms with Gasteiger partial charge in [-0.25, -0.2) is 9.59 Å². The van der Waals surface area contributed by atoms with Gasteiger partial charge in [0.1, 0.15) is 0 Å². The standard InChI is InChI=1S/C6H8O7.C3H4O3.C2H6O.CH2O2/c7-3(8)1-6(13,5(11)12)2-4(9)10;1-2(4)3(5)6;1-2-3;2-1-3/h13H,1-2H2,(H,7,8)(H,9,10)(H,11,12);1H3,(H,5,6);3H,2H2,1H3;1H,(H,2,3). The molecule has 146 valence electrons. The minimum absolute atomic E-state index is 0.250. The molecule has 13 nitrogen and oxygen atoms in total. The number of ketones is 1. The van der Waals surface area contributed by atoms with E-state index in [0.717, 1.165) is 6.92 Å². The molecule has 0 fully saturated rings. The fourth-order valence-electron chi connectivity index (χ4n) is 0.714. The van der Waals surface area contributed by atoms with Gasteiger partial charge < -0.3 is 35.7 Å². The maximum atomic E-state index is 10.3. The molecule has 7 N–H and O–H groups in total. The number of carbonyl (C=O) groups is 6. The van der Waals surface area contributed by atoms with Crippen LogP contribution in [0.1, 0.15) is 26.7 Å². The zero-order valence-corrected chi connectivity index (χ0v) is 13.3. The van der Waals surface area contributed by atoms with Gasteiger partial charge in [0.05, 0.1) is 12.8 Å². The number of aliphatic carboxylic acids is 4. The third-order valence-electron chi connectivity index (χ3n) is 1.59. The molecule has 0 saturated heterocycles. The van der Waals surface area contributed by atoms with Gasteiger partial charge in [0.15, 0.2) is 5.60 Å². The van der Waals surface area contributed by atoms with E-state index < -0.39 is 48.1 Å². The average molecular weight is 372 g/mol. The first kappa shape index (κ1) is 29.9. The number of hydrogen-bond donors (Lipinski definition) is 7. The molecule has 0 aliphatic rings. The SMILES string of the molecule is CC(=O)C(=O)O.CCO.O=C(O)CC(O)(CC(=O)O)C(=O)O.O=CO. The Hall–Kier alpha value is -3.06. The van der Waals surface area contributed by atoms with Gasteiger partial charge in [0.2, 0.25) is 5.78 Å². The summed E-state index contributed by atoms with van der Waals surface area (Å²) in [6.45, 7) is 2.68. The molecule has 0 saturated carbocycles. The van der Waals surface area contributed by atoms with Crippen LogP contribution in [0.2, 0.25) is 0 Å². The fourth-order valence-corrected chi connectivity index (χ4v) is 0.714. The van der Waals surface area contributed by atoms with Gasteiger partial charge in [-0.2, -0.15) is 0 Å². The molecule has 13 heteroatoms. The molecule has 0 spiro atoms. The number of Topliss-reactive ketones (excluding diaryl/α,β-unsaturated/α-hetero) is 1. The van der Waals surface area contributed by atoms with Gasteiger partial charge in [-0.05, 0) is 6.92 Å². The van der Waals surface area contributed by atoms with E-state index in [1.165, 1.54) is 0 Å². The molecule has 0 aromatic carbocycles. The quantitative estimate of drug-likeness (QED) is 0.199. The van der Waals surface area contributed by atoms with Crippen LogP contribution in [0, 0.1) is 0 Å². The second kappa shape index (κ2) is 17.3. The summed E-state index contributed by atoms with van der Waals surface area (Å²) in [4.78, 5) is 57.7. The van der Waals surface area contributed by atoms with Crippen LogP contribution in [0.25, 0.3) is 0 Å². The normalized spacial score (nSPS) is 8.64. The molecule has 0 atom stereocenters. The van der Waals surface area contributed by atoms with Gasteiger partial charge in [-0.1, -0.05) is 0 Å². The first-order valence-electron chi connectivity index (χ1n) is 6.07. The molecular weight excluding hydrogens is 352 g/mol. The first-order valence-corrected chi connectivity index (χ1v) is 6.07. The zero-order valence-electron chi connectivity index (χ0n) is 13.3. The Balaban J connectivity index is -0.000000152. The Bertz CT molecular complexity index is 426. The van der Waals surface area contributed by atoms with Crippen molar-refractivity contribution in [1.29, 1.82) is 0 Å². The number of carboxylic acid groups (broad SMARTS) is 5. The van der Waals surface area contributed by atoms with Crippen molar-refractivity contribution in [2.24, 2.45) is 0 Å². The number of hydrogen-bond acceptors (Lipinski definition) is 8. The lowest BCUT2D eigenvalue weighted by atomic mass is 9.96. The summed E-state index contributed by atoms with van der Waals surface area (Å²) in [5, 5.41) is 55.9. The lowest BCUT2D eigenvalue weighted by Gasteiger charge is -2.18. The molecule has 0 aromatic heterocycles. The Morgan fingerprint density at radius 3 is 1.20 bits per heavy atom. The van der Waals surface area contributed by atoms with Gasteiger partial charge in [0, 0.05) is 13.5 Å². The van der Waals surface area contributed by atoms with Crippen molar-refractivity contribution in [3.8, 4) is 0 Å². The molecule has 25 heavy (non-hydrogen) atoms. The zero-order chi connectivity index (χ0) is 21.2. The summed E-state index contributed by atoms with van der Waals surface area (Å²) in [5.41, 5.74) is -2.74. The van der Waals surface area contributed by atoms with E-state index in [1.807, 2.05) is 0 Å². The van der Waals surface area contributed by atoms with E-state index in [1.54, 1.807) is 6.92 Å². The third kappa shape index (κ3) is 26.2. The molecular formula is C12H20O13. The van der Waals surface area contributed by atoms with E-state index in [4.69, 9.17) is 40.5 Å². The molecule has 0 heterocycles. The van der Waals surface area contributed by atoms with Crippen LogP contribution in [0.5, 0.6) is 0 Å². The fraction of sp³-hybridized carbons (Fsp3) is 0.500. The number of carbonyl (C=O) groups excluding carboxylic acids is 1. The number of aliphatic hydroxyl groups is 2. The number of rotatable bonds is 6. The highest BCUT2D eigenvalue weighted by Gasteiger charge is 2.40. The smallest absolute Gasteiger partial charge is 0.371 e. The predicted octanol–water partition coefficient (Wildman–Crippen LogP) is -1.89. The van der Waals surface area contributed by atoms with Crippen LogP contribution in [0.4, 0.5) is 0 Å². The van der Waals surface area contributed by atoms with Crippen LogP contribution in [-0.2, 0) is 28.8 Å². The van der Waals surface area contributed by atoms with Crippen molar-refractivity contribution >= 4 is 36.1 Å². The number of carboxylic acids is 4. The summed E-state index contributed by atoms with van der Waals surface area (Å²) in [6.07, 6.45) is -2.29. The molecule has 0 rings (SSSR count). The van der Waals surface area contributed by atoms with E-state index in [9.17, 15) is 24.0 Å². The van der Waals surface area contributed by atoms with E-state index in [-0.39, 0.29) is 13.1 Å². The topological polar surface area (TPSA) is 244 Å². The summed E-state index contributed by atoms with van der Waals surface area (Å²) >= 11 is 0. The lowest BCUT2D eigenvalue weighted by molar-refractivity contribution is -0.170. The van der Waals surface area contributed by atoms with E-state index in [0.29, 0.717) is 0 Å². The van der Waals surface area contributed by atoms with Crippen LogP contribution < -0.4 is 0 Å². The van der Waals surface area contributed by atoms with E-state index in [2.05, 4.69) is 0 Å². The van der Waals surface area contributed by atoms with Crippen molar-refractivity contribution in [2.45, 2.75) is 32.3 Å². The molecule has 0 radical (unpaired) electrons. The van der Waals surface area contributed by atoms with Crippen molar-refractivity contribution in [3.05, 3.63) is 0 Å². The second-order valence-corrected chi connectivity index (χ2v) is 3.76. The predicted molar refractivity (Wildman–Crippen MR) is 76.9 cm³/mol. The van der Waals surface area contributed by atoms with Crippen molar-refractivity contribution in [2.75, 3.05) is 6.61 Å². The van der Waals surface area contributed by atoms with Crippen molar-refractivity contribution in [3.63, 3.8) is 0 Å². The highest BCUT2D eigenvalue weighted by Crippen LogP contribution is 2.15. The maximum Gasteiger partial charge on any atom is 0.371 e. The van der Waals surface area contributed by atoms with E-state index >= 15 is 0 Å². The van der Waals surface area contributed by atoms with Crippen molar-refractivity contribution in [1.82, 2.24) is 0 Å². The Morgan fingerprint density at radius 2 is 1.12 bits per heavy atom. The summed E-state index contributed by atoms with van der Waals surface area (Å²) in [6, 6.07) is 0. The van der Waals surface area contributed by atoms with Crippen LogP contribution in [0.3, 0.4) is 0 Å². The minimum Gasteiger partial charge on any atom is -0.483 e. The molecule has 0 unspecified atom stereocenters. The third-order valence-corrected chi connectivity index (χ3v) is 1.59. The van der Waals surface area contributed by atoms with Crippen LogP contribution >= 0.6 is 0 Å².